The topological polar surface area (TPSA) is 60.3 Å². The maximum absolute atomic E-state index is 11.8. The lowest BCUT2D eigenvalue weighted by Crippen LogP contribution is -2.25. The smallest absolute Gasteiger partial charge is 0.240 e. The molecule has 2 rings (SSSR count). The minimum atomic E-state index is -3.33. The van der Waals surface area contributed by atoms with E-state index in [2.05, 4.69) is 10.0 Å². The molecule has 1 aromatic carbocycles. The van der Waals surface area contributed by atoms with E-state index < -0.39 is 10.0 Å². The van der Waals surface area contributed by atoms with Crippen LogP contribution in [0, 0.1) is 5.92 Å². The highest BCUT2D eigenvalue weighted by Crippen LogP contribution is 2.28. The van der Waals surface area contributed by atoms with Crippen LogP contribution in [0.15, 0.2) is 29.2 Å². The lowest BCUT2D eigenvalue weighted by Gasteiger charge is -2.13. The Kier molecular flexibility index (Phi) is 3.16. The van der Waals surface area contributed by atoms with Crippen molar-refractivity contribution in [2.75, 3.05) is 13.6 Å². The summed E-state index contributed by atoms with van der Waals surface area (Å²) in [7, 11) is -1.66. The van der Waals surface area contributed by atoms with Crippen LogP contribution in [-0.4, -0.2) is 22.0 Å². The number of nitrogens with one attached hydrogen (secondary N) is 1. The molecule has 0 unspecified atom stereocenters. The molecule has 1 fully saturated rings. The molecule has 4 nitrogen and oxygen atoms in total. The van der Waals surface area contributed by atoms with Crippen LogP contribution in [0.2, 0.25) is 0 Å². The van der Waals surface area contributed by atoms with Crippen LogP contribution in [0.3, 0.4) is 0 Å². The van der Waals surface area contributed by atoms with Crippen LogP contribution >= 0.6 is 0 Å². The summed E-state index contributed by atoms with van der Waals surface area (Å²) in [5, 5.41) is 3.96. The van der Waals surface area contributed by atoms with Gasteiger partial charge in [0, 0.05) is 6.54 Å². The summed E-state index contributed by atoms with van der Waals surface area (Å²) >= 11 is 0. The Morgan fingerprint density at radius 2 is 1.94 bits per heavy atom. The number of hydrogen-bond acceptors (Lipinski definition) is 2. The van der Waals surface area contributed by atoms with Gasteiger partial charge in [0.05, 0.1) is 4.90 Å². The van der Waals surface area contributed by atoms with Crippen molar-refractivity contribution in [2.24, 2.45) is 5.92 Å². The fourth-order valence-electron chi connectivity index (χ4n) is 1.41. The zero-order chi connectivity index (χ0) is 11.6. The van der Waals surface area contributed by atoms with Gasteiger partial charge in [-0.2, -0.15) is 0 Å². The average molecular weight is 239 g/mol. The van der Waals surface area contributed by atoms with Crippen molar-refractivity contribution in [1.82, 2.24) is 4.72 Å². The normalized spacial score (nSPS) is 16.1. The Labute approximate surface area is 96.1 Å². The average Bonchev–Trinajstić information content (AvgIpc) is 3.10. The van der Waals surface area contributed by atoms with Gasteiger partial charge in [-0.3, -0.25) is 0 Å². The minimum Gasteiger partial charge on any atom is -0.687 e. The third-order valence-electron chi connectivity index (χ3n) is 2.66. The number of hydrogen-bond donors (Lipinski definition) is 1. The molecule has 0 radical (unpaired) electrons. The maximum Gasteiger partial charge on any atom is 0.240 e. The zero-order valence-electron chi connectivity index (χ0n) is 9.18. The molecule has 0 amide bonds. The molecule has 1 aromatic rings. The van der Waals surface area contributed by atoms with E-state index in [-0.39, 0.29) is 0 Å². The Balaban J connectivity index is 2.07. The van der Waals surface area contributed by atoms with Crippen LogP contribution in [0.1, 0.15) is 12.8 Å². The van der Waals surface area contributed by atoms with Crippen LogP contribution in [-0.2, 0) is 10.0 Å². The molecule has 1 N–H and O–H groups in total. The highest BCUT2D eigenvalue weighted by atomic mass is 32.2. The van der Waals surface area contributed by atoms with E-state index in [0.29, 0.717) is 17.4 Å². The summed E-state index contributed by atoms with van der Waals surface area (Å²) in [6, 6.07) is 6.56. The molecule has 88 valence electrons. The Bertz CT molecular complexity index is 449. The summed E-state index contributed by atoms with van der Waals surface area (Å²) < 4.78 is 26.3. The zero-order valence-corrected chi connectivity index (χ0v) is 10.00. The maximum atomic E-state index is 11.8. The quantitative estimate of drug-likeness (QED) is 0.854. The van der Waals surface area contributed by atoms with Gasteiger partial charge in [-0.25, -0.2) is 13.1 Å². The van der Waals surface area contributed by atoms with E-state index in [0.717, 1.165) is 18.5 Å². The van der Waals surface area contributed by atoms with Gasteiger partial charge in [0.2, 0.25) is 10.0 Å². The SMILES string of the molecule is C[N-]c1ccc(S(=O)(=O)NCC2CC2)cc1. The van der Waals surface area contributed by atoms with Gasteiger partial charge in [-0.1, -0.05) is 12.1 Å². The van der Waals surface area contributed by atoms with Crippen molar-refractivity contribution >= 4 is 15.7 Å². The van der Waals surface area contributed by atoms with Gasteiger partial charge in [-0.05, 0) is 30.9 Å². The fraction of sp³-hybridized carbons (Fsp3) is 0.455. The standard InChI is InChI=1S/C11H15N2O2S/c1-12-10-4-6-11(7-5-10)16(14,15)13-8-9-2-3-9/h4-7,9,13H,2-3,8H2,1H3/q-1. The summed E-state index contributed by atoms with van der Waals surface area (Å²) in [4.78, 5) is 0.306. The van der Waals surface area contributed by atoms with Crippen molar-refractivity contribution in [2.45, 2.75) is 17.7 Å². The minimum absolute atomic E-state index is 0.306. The first kappa shape index (κ1) is 11.4. The Hall–Kier alpha value is -1.07. The molecule has 0 saturated heterocycles. The van der Waals surface area contributed by atoms with Gasteiger partial charge in [0.1, 0.15) is 0 Å². The predicted octanol–water partition coefficient (Wildman–Crippen LogP) is 2.01. The number of rotatable bonds is 5. The third-order valence-corrected chi connectivity index (χ3v) is 4.10. The molecular weight excluding hydrogens is 224 g/mol. The molecule has 0 atom stereocenters. The van der Waals surface area contributed by atoms with Gasteiger partial charge in [0.15, 0.2) is 0 Å². The Morgan fingerprint density at radius 1 is 1.31 bits per heavy atom. The molecule has 0 spiro atoms. The van der Waals surface area contributed by atoms with Gasteiger partial charge >= 0.3 is 0 Å². The molecule has 0 aliphatic heterocycles. The highest BCUT2D eigenvalue weighted by molar-refractivity contribution is 7.89. The lowest BCUT2D eigenvalue weighted by molar-refractivity contribution is 0.577. The first-order valence-corrected chi connectivity index (χ1v) is 6.80. The molecule has 0 heterocycles. The molecule has 1 saturated carbocycles. The molecule has 0 aromatic heterocycles. The van der Waals surface area contributed by atoms with Crippen LogP contribution < -0.4 is 4.72 Å². The van der Waals surface area contributed by atoms with Gasteiger partial charge in [0.25, 0.3) is 0 Å². The van der Waals surface area contributed by atoms with E-state index in [1.54, 1.807) is 31.3 Å². The second-order valence-corrected chi connectivity index (χ2v) is 5.78. The predicted molar refractivity (Wildman–Crippen MR) is 63.3 cm³/mol. The van der Waals surface area contributed by atoms with E-state index in [4.69, 9.17) is 0 Å². The van der Waals surface area contributed by atoms with E-state index in [1.807, 2.05) is 0 Å². The van der Waals surface area contributed by atoms with Crippen molar-refractivity contribution in [3.8, 4) is 0 Å². The van der Waals surface area contributed by atoms with E-state index >= 15 is 0 Å². The van der Waals surface area contributed by atoms with Crippen molar-refractivity contribution < 1.29 is 8.42 Å². The lowest BCUT2D eigenvalue weighted by atomic mass is 10.3. The second-order valence-electron chi connectivity index (χ2n) is 4.01. The largest absolute Gasteiger partial charge is 0.687 e. The number of benzene rings is 1. The van der Waals surface area contributed by atoms with Crippen LogP contribution in [0.4, 0.5) is 5.69 Å². The first-order chi connectivity index (χ1) is 7.62. The number of nitrogens with zero attached hydrogens (tertiary/aromatic N) is 1. The van der Waals surface area contributed by atoms with Gasteiger partial charge in [-0.15, -0.1) is 12.7 Å². The second kappa shape index (κ2) is 4.43. The molecule has 16 heavy (non-hydrogen) atoms. The molecule has 0 bridgehead atoms. The molecule has 5 heteroatoms. The van der Waals surface area contributed by atoms with Crippen molar-refractivity contribution in [3.63, 3.8) is 0 Å². The third kappa shape index (κ3) is 2.74. The molecular formula is C11H15N2O2S-. The fourth-order valence-corrected chi connectivity index (χ4v) is 2.52. The van der Waals surface area contributed by atoms with E-state index in [1.165, 1.54) is 0 Å². The van der Waals surface area contributed by atoms with Crippen LogP contribution in [0.25, 0.3) is 5.32 Å². The van der Waals surface area contributed by atoms with Crippen molar-refractivity contribution in [1.29, 1.82) is 0 Å². The highest BCUT2D eigenvalue weighted by Gasteiger charge is 2.23. The monoisotopic (exact) mass is 239 g/mol. The first-order valence-electron chi connectivity index (χ1n) is 5.31. The summed E-state index contributed by atoms with van der Waals surface area (Å²) in [6.07, 6.45) is 2.27. The summed E-state index contributed by atoms with van der Waals surface area (Å²) in [5.74, 6) is 0.541. The summed E-state index contributed by atoms with van der Waals surface area (Å²) in [5.41, 5.74) is 0.779. The molecule has 1 aliphatic rings. The Morgan fingerprint density at radius 3 is 2.44 bits per heavy atom. The summed E-state index contributed by atoms with van der Waals surface area (Å²) in [6.45, 7) is 0.558. The van der Waals surface area contributed by atoms with Crippen LogP contribution in [0.5, 0.6) is 0 Å². The van der Waals surface area contributed by atoms with E-state index in [9.17, 15) is 8.42 Å². The molecule has 1 aliphatic carbocycles. The van der Waals surface area contributed by atoms with Gasteiger partial charge < -0.3 is 5.32 Å². The van der Waals surface area contributed by atoms with Crippen molar-refractivity contribution in [3.05, 3.63) is 29.6 Å². The number of sulfonamides is 1.